The lowest BCUT2D eigenvalue weighted by molar-refractivity contribution is -0.130. The fraction of sp³-hybridized carbons (Fsp3) is 0.632. The Labute approximate surface area is 145 Å². The van der Waals surface area contributed by atoms with Gasteiger partial charge in [-0.2, -0.15) is 0 Å². The van der Waals surface area contributed by atoms with E-state index in [0.29, 0.717) is 12.5 Å². The summed E-state index contributed by atoms with van der Waals surface area (Å²) in [5.74, 6) is 0.225. The molecule has 2 saturated heterocycles. The minimum absolute atomic E-state index is 0.225. The summed E-state index contributed by atoms with van der Waals surface area (Å²) in [5, 5.41) is 0. The molecule has 24 heavy (non-hydrogen) atoms. The second-order valence-electron chi connectivity index (χ2n) is 8.08. The Morgan fingerprint density at radius 1 is 1.17 bits per heavy atom. The molecule has 2 aliphatic rings. The average molecular weight is 329 g/mol. The highest BCUT2D eigenvalue weighted by atomic mass is 16.7. The Morgan fingerprint density at radius 2 is 1.75 bits per heavy atom. The molecule has 130 valence electrons. The fourth-order valence-electron chi connectivity index (χ4n) is 3.35. The third-order valence-corrected chi connectivity index (χ3v) is 5.73. The van der Waals surface area contributed by atoms with E-state index in [1.165, 1.54) is 0 Å². The standard InChI is InChI=1S/C19H28BNO3/c1-14-7-6-12-21(14)17(22)13-15-8-10-16(11-9-15)20-23-18(2,3)19(4,5)24-20/h8-11,14H,6-7,12-13H2,1-5H3. The molecule has 0 radical (unpaired) electrons. The molecule has 2 heterocycles. The maximum atomic E-state index is 12.4. The molecule has 5 heteroatoms. The highest BCUT2D eigenvalue weighted by molar-refractivity contribution is 6.62. The van der Waals surface area contributed by atoms with Crippen molar-refractivity contribution in [2.75, 3.05) is 6.54 Å². The molecule has 0 bridgehead atoms. The van der Waals surface area contributed by atoms with Crippen molar-refractivity contribution in [1.29, 1.82) is 0 Å². The molecule has 0 saturated carbocycles. The van der Waals surface area contributed by atoms with Crippen LogP contribution < -0.4 is 5.46 Å². The van der Waals surface area contributed by atoms with Crippen LogP contribution in [0, 0.1) is 0 Å². The van der Waals surface area contributed by atoms with Gasteiger partial charge in [0.05, 0.1) is 17.6 Å². The predicted molar refractivity (Wildman–Crippen MR) is 96.3 cm³/mol. The van der Waals surface area contributed by atoms with Gasteiger partial charge in [-0.15, -0.1) is 0 Å². The maximum absolute atomic E-state index is 12.4. The largest absolute Gasteiger partial charge is 0.494 e. The quantitative estimate of drug-likeness (QED) is 0.800. The van der Waals surface area contributed by atoms with Crippen LogP contribution in [0.15, 0.2) is 24.3 Å². The van der Waals surface area contributed by atoms with Gasteiger partial charge in [0.1, 0.15) is 0 Å². The average Bonchev–Trinajstić information content (AvgIpc) is 3.01. The molecule has 1 unspecified atom stereocenters. The van der Waals surface area contributed by atoms with Gasteiger partial charge in [-0.25, -0.2) is 0 Å². The van der Waals surface area contributed by atoms with Gasteiger partial charge in [0, 0.05) is 12.6 Å². The number of carbonyl (C=O) groups excluding carboxylic acids is 1. The van der Waals surface area contributed by atoms with Crippen molar-refractivity contribution in [3.63, 3.8) is 0 Å². The van der Waals surface area contributed by atoms with Gasteiger partial charge in [-0.3, -0.25) is 4.79 Å². The number of amides is 1. The van der Waals surface area contributed by atoms with E-state index in [-0.39, 0.29) is 24.2 Å². The van der Waals surface area contributed by atoms with Crippen molar-refractivity contribution in [1.82, 2.24) is 4.90 Å². The molecule has 1 amide bonds. The van der Waals surface area contributed by atoms with E-state index in [0.717, 1.165) is 30.4 Å². The lowest BCUT2D eigenvalue weighted by Gasteiger charge is -2.32. The first-order chi connectivity index (χ1) is 11.2. The number of carbonyl (C=O) groups is 1. The number of rotatable bonds is 3. The number of nitrogens with zero attached hydrogens (tertiary/aromatic N) is 1. The molecule has 3 rings (SSSR count). The van der Waals surface area contributed by atoms with Gasteiger partial charge < -0.3 is 14.2 Å². The first kappa shape index (κ1) is 17.5. The van der Waals surface area contributed by atoms with Crippen LogP contribution in [0.4, 0.5) is 0 Å². The zero-order chi connectivity index (χ0) is 17.5. The van der Waals surface area contributed by atoms with Crippen molar-refractivity contribution in [3.8, 4) is 0 Å². The monoisotopic (exact) mass is 329 g/mol. The number of hydrogen-bond donors (Lipinski definition) is 0. The molecule has 2 aliphatic heterocycles. The van der Waals surface area contributed by atoms with Crippen LogP contribution in [-0.2, 0) is 20.5 Å². The summed E-state index contributed by atoms with van der Waals surface area (Å²) < 4.78 is 12.1. The molecule has 0 aliphatic carbocycles. The van der Waals surface area contributed by atoms with Gasteiger partial charge in [-0.05, 0) is 58.5 Å². The van der Waals surface area contributed by atoms with Gasteiger partial charge in [0.15, 0.2) is 0 Å². The number of likely N-dealkylation sites (tertiary alicyclic amines) is 1. The summed E-state index contributed by atoms with van der Waals surface area (Å²) in [6.45, 7) is 11.2. The Morgan fingerprint density at radius 3 is 2.25 bits per heavy atom. The maximum Gasteiger partial charge on any atom is 0.494 e. The lowest BCUT2D eigenvalue weighted by Crippen LogP contribution is -2.41. The molecular weight excluding hydrogens is 301 g/mol. The van der Waals surface area contributed by atoms with Crippen molar-refractivity contribution >= 4 is 18.5 Å². The first-order valence-electron chi connectivity index (χ1n) is 8.93. The van der Waals surface area contributed by atoms with E-state index in [2.05, 4.69) is 34.6 Å². The van der Waals surface area contributed by atoms with Crippen LogP contribution in [-0.4, -0.2) is 41.7 Å². The van der Waals surface area contributed by atoms with Crippen molar-refractivity contribution in [2.45, 2.75) is 71.1 Å². The molecule has 0 N–H and O–H groups in total. The zero-order valence-corrected chi connectivity index (χ0v) is 15.5. The van der Waals surface area contributed by atoms with Gasteiger partial charge >= 0.3 is 7.12 Å². The van der Waals surface area contributed by atoms with E-state index in [1.54, 1.807) is 0 Å². The summed E-state index contributed by atoms with van der Waals surface area (Å²) in [4.78, 5) is 14.4. The second-order valence-corrected chi connectivity index (χ2v) is 8.08. The highest BCUT2D eigenvalue weighted by Crippen LogP contribution is 2.36. The fourth-order valence-corrected chi connectivity index (χ4v) is 3.35. The SMILES string of the molecule is CC1CCCN1C(=O)Cc1ccc(B2OC(C)(C)C(C)(C)O2)cc1. The Balaban J connectivity index is 1.65. The van der Waals surface area contributed by atoms with Crippen LogP contribution >= 0.6 is 0 Å². The van der Waals surface area contributed by atoms with Crippen LogP contribution in [0.3, 0.4) is 0 Å². The minimum atomic E-state index is -0.349. The second kappa shape index (κ2) is 6.19. The normalized spacial score (nSPS) is 25.3. The molecule has 2 fully saturated rings. The summed E-state index contributed by atoms with van der Waals surface area (Å²) >= 11 is 0. The molecular formula is C19H28BNO3. The van der Waals surface area contributed by atoms with Crippen molar-refractivity contribution < 1.29 is 14.1 Å². The summed E-state index contributed by atoms with van der Waals surface area (Å²) in [7, 11) is -0.349. The van der Waals surface area contributed by atoms with Crippen LogP contribution in [0.2, 0.25) is 0 Å². The number of hydrogen-bond acceptors (Lipinski definition) is 3. The van der Waals surface area contributed by atoms with Crippen LogP contribution in [0.5, 0.6) is 0 Å². The molecule has 4 nitrogen and oxygen atoms in total. The van der Waals surface area contributed by atoms with Crippen LogP contribution in [0.25, 0.3) is 0 Å². The van der Waals surface area contributed by atoms with Crippen molar-refractivity contribution in [3.05, 3.63) is 29.8 Å². The van der Waals surface area contributed by atoms with Gasteiger partial charge in [0.2, 0.25) is 5.91 Å². The third-order valence-electron chi connectivity index (χ3n) is 5.73. The van der Waals surface area contributed by atoms with E-state index < -0.39 is 0 Å². The van der Waals surface area contributed by atoms with E-state index in [1.807, 2.05) is 29.2 Å². The summed E-state index contributed by atoms with van der Waals surface area (Å²) in [5.41, 5.74) is 1.37. The highest BCUT2D eigenvalue weighted by Gasteiger charge is 2.51. The van der Waals surface area contributed by atoms with Crippen molar-refractivity contribution in [2.24, 2.45) is 0 Å². The summed E-state index contributed by atoms with van der Waals surface area (Å²) in [6, 6.07) is 8.43. The topological polar surface area (TPSA) is 38.8 Å². The Hall–Kier alpha value is -1.33. The first-order valence-corrected chi connectivity index (χ1v) is 8.93. The molecule has 1 atom stereocenters. The van der Waals surface area contributed by atoms with E-state index >= 15 is 0 Å². The molecule has 0 spiro atoms. The predicted octanol–water partition coefficient (Wildman–Crippen LogP) is 2.54. The van der Waals surface area contributed by atoms with Crippen LogP contribution in [0.1, 0.15) is 53.0 Å². The number of benzene rings is 1. The minimum Gasteiger partial charge on any atom is -0.399 e. The van der Waals surface area contributed by atoms with E-state index in [9.17, 15) is 4.79 Å². The van der Waals surface area contributed by atoms with Gasteiger partial charge in [0.25, 0.3) is 0 Å². The Kier molecular flexibility index (Phi) is 4.52. The molecule has 0 aromatic heterocycles. The third kappa shape index (κ3) is 3.24. The van der Waals surface area contributed by atoms with E-state index in [4.69, 9.17) is 9.31 Å². The summed E-state index contributed by atoms with van der Waals surface area (Å²) in [6.07, 6.45) is 2.70. The Bertz CT molecular complexity index is 596. The lowest BCUT2D eigenvalue weighted by atomic mass is 9.79. The van der Waals surface area contributed by atoms with Gasteiger partial charge in [-0.1, -0.05) is 24.3 Å². The zero-order valence-electron chi connectivity index (χ0n) is 15.5. The molecule has 1 aromatic rings. The molecule has 1 aromatic carbocycles. The smallest absolute Gasteiger partial charge is 0.399 e.